The van der Waals surface area contributed by atoms with Gasteiger partial charge in [0.05, 0.1) is 130 Å². The first-order valence-electron chi connectivity index (χ1n) is 42.7. The molecule has 10 rings (SSSR count). The molecule has 3 aromatic rings. The van der Waals surface area contributed by atoms with Gasteiger partial charge >= 0.3 is 6.09 Å². The smallest absolute Gasteiger partial charge is 0.416 e. The number of nitrogens with zero attached hydrogens (tertiary/aromatic N) is 4. The summed E-state index contributed by atoms with van der Waals surface area (Å²) in [5, 5.41) is 31.3. The minimum Gasteiger partial charge on any atom is -0.493 e. The maximum Gasteiger partial charge on any atom is 0.416 e. The van der Waals surface area contributed by atoms with Gasteiger partial charge in [0, 0.05) is 114 Å². The van der Waals surface area contributed by atoms with Crippen molar-refractivity contribution in [3.63, 3.8) is 0 Å². The van der Waals surface area contributed by atoms with Crippen molar-refractivity contribution in [2.75, 3.05) is 152 Å². The van der Waals surface area contributed by atoms with Crippen molar-refractivity contribution in [2.24, 2.45) is 11.8 Å². The molecule has 9 N–H and O–H groups in total. The van der Waals surface area contributed by atoms with Crippen LogP contribution in [0.1, 0.15) is 156 Å². The summed E-state index contributed by atoms with van der Waals surface area (Å²) in [7, 11) is -0.199. The molecule has 0 radical (unpaired) electrons. The molecule has 11 amide bonds. The van der Waals surface area contributed by atoms with Crippen LogP contribution in [0, 0.1) is 18.8 Å². The van der Waals surface area contributed by atoms with Gasteiger partial charge in [0.15, 0.2) is 29.3 Å². The number of benzene rings is 3. The number of ketones is 3. The van der Waals surface area contributed by atoms with E-state index in [1.54, 1.807) is 62.3 Å². The molecule has 7 unspecified atom stereocenters. The van der Waals surface area contributed by atoms with E-state index < -0.39 is 148 Å². The van der Waals surface area contributed by atoms with E-state index in [2.05, 4.69) is 41.9 Å². The van der Waals surface area contributed by atoms with Crippen LogP contribution in [0.3, 0.4) is 0 Å². The van der Waals surface area contributed by atoms with Gasteiger partial charge in [-0.3, -0.25) is 62.3 Å². The van der Waals surface area contributed by atoms with Gasteiger partial charge in [0.1, 0.15) is 29.9 Å². The van der Waals surface area contributed by atoms with E-state index in [1.807, 2.05) is 13.0 Å². The summed E-state index contributed by atoms with van der Waals surface area (Å²) >= 11 is 2.13. The number of aliphatic hydroxyl groups excluding tert-OH is 1. The van der Waals surface area contributed by atoms with Gasteiger partial charge in [-0.15, -0.1) is 23.5 Å². The molecule has 127 heavy (non-hydrogen) atoms. The minimum absolute atomic E-state index is 0.00111. The van der Waals surface area contributed by atoms with Crippen LogP contribution in [0.25, 0.3) is 0 Å². The van der Waals surface area contributed by atoms with Gasteiger partial charge in [-0.05, 0) is 108 Å². The highest BCUT2D eigenvalue weighted by molar-refractivity contribution is 8.23. The molecule has 0 saturated carbocycles. The van der Waals surface area contributed by atoms with E-state index in [0.717, 1.165) is 39.6 Å². The van der Waals surface area contributed by atoms with Crippen LogP contribution in [0.4, 0.5) is 21.9 Å². The van der Waals surface area contributed by atoms with Gasteiger partial charge in [-0.2, -0.15) is 0 Å². The summed E-state index contributed by atoms with van der Waals surface area (Å²) in [5.74, 6) is -10.1. The topological polar surface area (TPSA) is 476 Å². The van der Waals surface area contributed by atoms with E-state index in [4.69, 9.17) is 37.9 Å². The number of carbonyl (C=O) groups excluding carboxylic acids is 14. The second kappa shape index (κ2) is 49.9. The first-order valence-corrected chi connectivity index (χ1v) is 46.3. The zero-order chi connectivity index (χ0) is 91.9. The number of sulfonamides is 1. The summed E-state index contributed by atoms with van der Waals surface area (Å²) in [5.41, 5.74) is 3.08. The number of anilines is 3. The molecule has 0 aromatic heterocycles. The Hall–Kier alpha value is -10.3. The number of rotatable bonds is 24. The highest BCUT2D eigenvalue weighted by Crippen LogP contribution is 2.43. The molecule has 0 spiro atoms. The maximum absolute atomic E-state index is 14.6. The zero-order valence-corrected chi connectivity index (χ0v) is 75.6. The van der Waals surface area contributed by atoms with Crippen LogP contribution < -0.4 is 66.0 Å². The fraction of sp³-hybridized carbons (Fsp3) is 0.563. The quantitative estimate of drug-likeness (QED) is 0.0424. The molecule has 3 aromatic carbocycles. The standard InChI is InChI=1S/C87H118N12O25S3/c1-53-37-60-49-97-67-43-71(55(3)40-63(67)84(111)96(60)47-53)122-29-15-10-16-30-123-73-44-68-64(42-72(73)119-8)85(112)98-48-54(2)38-69(98)86(113)99(68)87(114)124-50-58-20-22-59(23-21-58)93-81(108)66(19-12-9-11-17-61(100)24-31-120-35-33-117-6)95-80(107)56(4)39-62(101)45-91-83(110)78-77(125-52-126-78)82(109)90-28-27-89-79(106)57(5)41-70(102)65(94-75(104)46-92-127(115,116)51-76(97)105)18-13-14-26-88-74(103)25-32-121-36-34-118-7/h20-23,37-38,40,42-44,56-57,60,65-66,69,86,92,113H,9-19,24-36,39,41,45-52H2,1-8H3,(H,88,103)(H,89,106)(H,90,109)(H,91,110)(H,93,108)(H,94,104)(H,95,107). The predicted octanol–water partition coefficient (Wildman–Crippen LogP) is 4.94. The van der Waals surface area contributed by atoms with E-state index >= 15 is 0 Å². The Kier molecular flexibility index (Phi) is 39.4. The molecule has 40 heteroatoms. The second-order valence-electron chi connectivity index (χ2n) is 31.9. The molecule has 7 heterocycles. The number of methoxy groups -OCH3 is 3. The highest BCUT2D eigenvalue weighted by Gasteiger charge is 2.46. The number of fused-ring (bicyclic) bond motifs is 38. The van der Waals surface area contributed by atoms with E-state index in [1.165, 1.54) is 56.1 Å². The number of ether oxygens (including phenoxy) is 8. The van der Waals surface area contributed by atoms with Crippen molar-refractivity contribution >= 4 is 133 Å². The number of thioether (sulfide) groups is 2. The van der Waals surface area contributed by atoms with E-state index in [0.29, 0.717) is 93.9 Å². The molecule has 694 valence electrons. The zero-order valence-electron chi connectivity index (χ0n) is 73.1. The average molecular weight is 1830 g/mol. The number of carbonyl (C=O) groups is 14. The number of hydrogen-bond acceptors (Lipinski definition) is 27. The molecular formula is C87H118N12O25S3. The lowest BCUT2D eigenvalue weighted by molar-refractivity contribution is -0.131. The molecule has 7 aliphatic heterocycles. The highest BCUT2D eigenvalue weighted by atomic mass is 32.2. The van der Waals surface area contributed by atoms with Crippen molar-refractivity contribution in [3.05, 3.63) is 104 Å². The Morgan fingerprint density at radius 1 is 0.622 bits per heavy atom. The Balaban J connectivity index is 0.924. The van der Waals surface area contributed by atoms with Crippen molar-refractivity contribution in [3.8, 4) is 17.2 Å². The molecule has 0 fully saturated rings. The first-order chi connectivity index (χ1) is 60.9. The van der Waals surface area contributed by atoms with Crippen LogP contribution in [-0.2, 0) is 93.1 Å². The molecule has 7 atom stereocenters. The molecule has 0 aliphatic carbocycles. The number of hydrogen-bond donors (Lipinski definition) is 9. The van der Waals surface area contributed by atoms with Crippen LogP contribution in [0.15, 0.2) is 81.6 Å². The summed E-state index contributed by atoms with van der Waals surface area (Å²) in [6, 6.07) is 8.21. The third-order valence-electron chi connectivity index (χ3n) is 21.8. The molecule has 0 saturated heterocycles. The van der Waals surface area contributed by atoms with Crippen LogP contribution >= 0.6 is 23.5 Å². The number of amides is 11. The van der Waals surface area contributed by atoms with Gasteiger partial charge in [0.25, 0.3) is 23.6 Å². The summed E-state index contributed by atoms with van der Waals surface area (Å²) in [6.07, 6.45) is 4.21. The molecule has 6 bridgehead atoms. The SMILES string of the molecule is COCCOCCC(=O)CCCCCC1NC(=O)C(C)CC(=O)CNC(=O)C2=C(SCS2)C(=O)NCCNC(=O)C(C)CC(=O)C(CCCCNC(=O)CCOCCOC)NC(=O)CNS(=O)(=O)CC(=O)N2CC3C=C(C)CN3C(=O)c3cc(C)c(cc32)OCCCCCOc2cc3c(cc2OC)C(=O)N2CC(C)=CC2C(O)N3C(=O)OCc2ccc(cc2)NC1=O. The van der Waals surface area contributed by atoms with Crippen molar-refractivity contribution in [1.29, 1.82) is 0 Å². The number of aryl methyl sites for hydroxylation is 1. The fourth-order valence-electron chi connectivity index (χ4n) is 14.9. The number of aliphatic hydroxyl groups is 1. The Labute approximate surface area is 747 Å². The summed E-state index contributed by atoms with van der Waals surface area (Å²) < 4.78 is 75.2. The first kappa shape index (κ1) is 100. The van der Waals surface area contributed by atoms with Gasteiger partial charge in [0.2, 0.25) is 45.5 Å². The third kappa shape index (κ3) is 29.9. The number of unbranched alkanes of at least 4 members (excludes halogenated alkanes) is 3. The summed E-state index contributed by atoms with van der Waals surface area (Å²) in [4.78, 5) is 199. The van der Waals surface area contributed by atoms with Crippen molar-refractivity contribution < 1.29 is 119 Å². The monoisotopic (exact) mass is 1830 g/mol. The van der Waals surface area contributed by atoms with Crippen molar-refractivity contribution in [1.82, 2.24) is 46.4 Å². The minimum atomic E-state index is -4.66. The summed E-state index contributed by atoms with van der Waals surface area (Å²) in [6.45, 7) is 8.74. The average Bonchev–Trinajstić information content (AvgIpc) is 1.61. The lowest BCUT2D eigenvalue weighted by Crippen LogP contribution is -2.50. The second-order valence-corrected chi connectivity index (χ2v) is 36.0. The molecular weight excluding hydrogens is 1710 g/mol. The Bertz CT molecular complexity index is 4700. The third-order valence-corrected chi connectivity index (χ3v) is 25.4. The fourth-order valence-corrected chi connectivity index (χ4v) is 18.2. The lowest BCUT2D eigenvalue weighted by Gasteiger charge is -2.31. The van der Waals surface area contributed by atoms with Crippen molar-refractivity contribution in [2.45, 2.75) is 168 Å². The van der Waals surface area contributed by atoms with Gasteiger partial charge in [-0.1, -0.05) is 62.1 Å². The maximum atomic E-state index is 14.6. The Morgan fingerprint density at radius 3 is 1.96 bits per heavy atom. The van der Waals surface area contributed by atoms with Gasteiger partial charge < -0.3 is 94.9 Å². The van der Waals surface area contributed by atoms with Gasteiger partial charge in [-0.25, -0.2) is 22.8 Å². The number of nitrogens with one attached hydrogen (secondary N) is 8. The predicted molar refractivity (Wildman–Crippen MR) is 471 cm³/mol. The molecule has 37 nitrogen and oxygen atoms in total. The van der Waals surface area contributed by atoms with Crippen LogP contribution in [-0.4, -0.2) is 274 Å². The normalized spacial score (nSPS) is 22.3. The largest absolute Gasteiger partial charge is 0.493 e. The molecule has 7 aliphatic rings. The van der Waals surface area contributed by atoms with E-state index in [-0.39, 0.29) is 178 Å². The number of Topliss-reactive ketones (excluding diaryl/α,β-unsaturated/α-hetero) is 3. The lowest BCUT2D eigenvalue weighted by atomic mass is 9.96. The van der Waals surface area contributed by atoms with Crippen LogP contribution in [0.2, 0.25) is 0 Å². The van der Waals surface area contributed by atoms with Crippen LogP contribution in [0.5, 0.6) is 17.2 Å². The van der Waals surface area contributed by atoms with E-state index in [9.17, 15) is 80.6 Å². The Morgan fingerprint density at radius 2 is 1.25 bits per heavy atom.